The van der Waals surface area contributed by atoms with Gasteiger partial charge >= 0.3 is 0 Å². The first-order chi connectivity index (χ1) is 9.71. The van der Waals surface area contributed by atoms with Gasteiger partial charge in [0.1, 0.15) is 0 Å². The van der Waals surface area contributed by atoms with Gasteiger partial charge in [-0.25, -0.2) is 0 Å². The molecule has 110 valence electrons. The molecule has 0 heterocycles. The van der Waals surface area contributed by atoms with E-state index in [0.717, 1.165) is 36.9 Å². The molecule has 2 aliphatic rings. The molecule has 0 atom stereocenters. The van der Waals surface area contributed by atoms with Crippen LogP contribution in [0.5, 0.6) is 11.5 Å². The predicted molar refractivity (Wildman–Crippen MR) is 80.2 cm³/mol. The van der Waals surface area contributed by atoms with Gasteiger partial charge in [0.2, 0.25) is 0 Å². The van der Waals surface area contributed by atoms with Gasteiger partial charge in [0.05, 0.1) is 13.7 Å². The molecule has 2 fully saturated rings. The van der Waals surface area contributed by atoms with Crippen molar-refractivity contribution in [1.29, 1.82) is 0 Å². The third-order valence-electron chi connectivity index (χ3n) is 4.66. The van der Waals surface area contributed by atoms with E-state index < -0.39 is 0 Å². The Bertz CT molecular complexity index is 462. The maximum absolute atomic E-state index is 6.61. The number of hydrogen-bond donors (Lipinski definition) is 1. The van der Waals surface area contributed by atoms with Crippen LogP contribution in [-0.4, -0.2) is 13.7 Å². The van der Waals surface area contributed by atoms with E-state index in [2.05, 4.69) is 12.1 Å². The van der Waals surface area contributed by atoms with Crippen molar-refractivity contribution in [3.63, 3.8) is 0 Å². The highest BCUT2D eigenvalue weighted by atomic mass is 16.5. The SMILES string of the molecule is COc1ccc(C2(N)CCCCC2)cc1OCC1CC1. The summed E-state index contributed by atoms with van der Waals surface area (Å²) in [6.07, 6.45) is 8.48. The van der Waals surface area contributed by atoms with Crippen molar-refractivity contribution in [2.24, 2.45) is 11.7 Å². The average Bonchev–Trinajstić information content (AvgIpc) is 3.30. The van der Waals surface area contributed by atoms with E-state index in [1.165, 1.54) is 37.7 Å². The fourth-order valence-electron chi connectivity index (χ4n) is 3.06. The van der Waals surface area contributed by atoms with E-state index in [9.17, 15) is 0 Å². The fourth-order valence-corrected chi connectivity index (χ4v) is 3.06. The first kappa shape index (κ1) is 13.7. The molecule has 0 aliphatic heterocycles. The van der Waals surface area contributed by atoms with Crippen LogP contribution in [0.2, 0.25) is 0 Å². The number of methoxy groups -OCH3 is 1. The molecule has 3 heteroatoms. The van der Waals surface area contributed by atoms with Gasteiger partial charge in [-0.05, 0) is 49.3 Å². The Labute approximate surface area is 121 Å². The number of benzene rings is 1. The molecule has 2 N–H and O–H groups in total. The summed E-state index contributed by atoms with van der Waals surface area (Å²) in [4.78, 5) is 0. The largest absolute Gasteiger partial charge is 0.493 e. The van der Waals surface area contributed by atoms with Crippen molar-refractivity contribution in [3.05, 3.63) is 23.8 Å². The monoisotopic (exact) mass is 275 g/mol. The zero-order valence-corrected chi connectivity index (χ0v) is 12.4. The van der Waals surface area contributed by atoms with Crippen LogP contribution < -0.4 is 15.2 Å². The van der Waals surface area contributed by atoms with Crippen LogP contribution in [0.15, 0.2) is 18.2 Å². The summed E-state index contributed by atoms with van der Waals surface area (Å²) >= 11 is 0. The van der Waals surface area contributed by atoms with E-state index >= 15 is 0 Å². The molecule has 0 spiro atoms. The van der Waals surface area contributed by atoms with Gasteiger partial charge in [0.25, 0.3) is 0 Å². The van der Waals surface area contributed by atoms with Crippen LogP contribution in [0, 0.1) is 5.92 Å². The summed E-state index contributed by atoms with van der Waals surface area (Å²) < 4.78 is 11.4. The summed E-state index contributed by atoms with van der Waals surface area (Å²) in [5, 5.41) is 0. The Morgan fingerprint density at radius 1 is 1.15 bits per heavy atom. The van der Waals surface area contributed by atoms with Crippen molar-refractivity contribution in [2.75, 3.05) is 13.7 Å². The molecule has 20 heavy (non-hydrogen) atoms. The Morgan fingerprint density at radius 2 is 1.90 bits per heavy atom. The molecule has 0 radical (unpaired) electrons. The van der Waals surface area contributed by atoms with Crippen LogP contribution in [0.4, 0.5) is 0 Å². The number of nitrogens with two attached hydrogens (primary N) is 1. The first-order valence-corrected chi connectivity index (χ1v) is 7.81. The topological polar surface area (TPSA) is 44.5 Å². The Kier molecular flexibility index (Phi) is 3.88. The van der Waals surface area contributed by atoms with E-state index in [1.807, 2.05) is 6.07 Å². The molecule has 3 nitrogen and oxygen atoms in total. The van der Waals surface area contributed by atoms with Gasteiger partial charge in [0, 0.05) is 5.54 Å². The van der Waals surface area contributed by atoms with E-state index in [0.29, 0.717) is 0 Å². The van der Waals surface area contributed by atoms with E-state index in [-0.39, 0.29) is 5.54 Å². The van der Waals surface area contributed by atoms with Crippen LogP contribution in [0.1, 0.15) is 50.5 Å². The summed E-state index contributed by atoms with van der Waals surface area (Å²) in [6, 6.07) is 6.21. The lowest BCUT2D eigenvalue weighted by molar-refractivity contribution is 0.274. The minimum Gasteiger partial charge on any atom is -0.493 e. The smallest absolute Gasteiger partial charge is 0.161 e. The lowest BCUT2D eigenvalue weighted by Gasteiger charge is -2.34. The second-order valence-corrected chi connectivity index (χ2v) is 6.34. The van der Waals surface area contributed by atoms with Crippen LogP contribution in [0.25, 0.3) is 0 Å². The normalized spacial score (nSPS) is 21.5. The summed E-state index contributed by atoms with van der Waals surface area (Å²) in [5.74, 6) is 2.41. The van der Waals surface area contributed by atoms with Crippen molar-refractivity contribution in [1.82, 2.24) is 0 Å². The molecule has 0 unspecified atom stereocenters. The Morgan fingerprint density at radius 3 is 2.55 bits per heavy atom. The molecule has 1 aromatic rings. The molecule has 2 saturated carbocycles. The molecule has 0 saturated heterocycles. The Balaban J connectivity index is 1.81. The second-order valence-electron chi connectivity index (χ2n) is 6.34. The number of rotatable bonds is 5. The zero-order valence-electron chi connectivity index (χ0n) is 12.4. The standard InChI is InChI=1S/C17H25NO2/c1-19-15-8-7-14(17(18)9-3-2-4-10-17)11-16(15)20-12-13-5-6-13/h7-8,11,13H,2-6,9-10,12,18H2,1H3. The molecular weight excluding hydrogens is 250 g/mol. The summed E-state index contributed by atoms with van der Waals surface area (Å²) in [5.41, 5.74) is 7.63. The minimum absolute atomic E-state index is 0.178. The minimum atomic E-state index is -0.178. The van der Waals surface area contributed by atoms with Crippen molar-refractivity contribution in [2.45, 2.75) is 50.5 Å². The molecule has 0 amide bonds. The van der Waals surface area contributed by atoms with Crippen LogP contribution in [-0.2, 0) is 5.54 Å². The van der Waals surface area contributed by atoms with Gasteiger partial charge in [-0.15, -0.1) is 0 Å². The highest BCUT2D eigenvalue weighted by Gasteiger charge is 2.30. The van der Waals surface area contributed by atoms with Crippen LogP contribution >= 0.6 is 0 Å². The molecule has 2 aliphatic carbocycles. The predicted octanol–water partition coefficient (Wildman–Crippen LogP) is 3.60. The summed E-state index contributed by atoms with van der Waals surface area (Å²) in [7, 11) is 1.69. The van der Waals surface area contributed by atoms with E-state index in [4.69, 9.17) is 15.2 Å². The van der Waals surface area contributed by atoms with Crippen molar-refractivity contribution in [3.8, 4) is 11.5 Å². The maximum atomic E-state index is 6.61. The Hall–Kier alpha value is -1.22. The number of ether oxygens (including phenoxy) is 2. The van der Waals surface area contributed by atoms with Gasteiger partial charge in [-0.3, -0.25) is 0 Å². The van der Waals surface area contributed by atoms with Crippen molar-refractivity contribution < 1.29 is 9.47 Å². The maximum Gasteiger partial charge on any atom is 0.161 e. The van der Waals surface area contributed by atoms with Gasteiger partial charge in [-0.2, -0.15) is 0 Å². The highest BCUT2D eigenvalue weighted by Crippen LogP contribution is 2.39. The van der Waals surface area contributed by atoms with Gasteiger partial charge in [-0.1, -0.05) is 25.3 Å². The quantitative estimate of drug-likeness (QED) is 0.893. The number of hydrogen-bond acceptors (Lipinski definition) is 3. The molecular formula is C17H25NO2. The second kappa shape index (κ2) is 5.65. The third-order valence-corrected chi connectivity index (χ3v) is 4.66. The fraction of sp³-hybridized carbons (Fsp3) is 0.647. The van der Waals surface area contributed by atoms with Crippen LogP contribution in [0.3, 0.4) is 0 Å². The van der Waals surface area contributed by atoms with E-state index in [1.54, 1.807) is 7.11 Å². The summed E-state index contributed by atoms with van der Waals surface area (Å²) in [6.45, 7) is 0.803. The average molecular weight is 275 g/mol. The van der Waals surface area contributed by atoms with Gasteiger partial charge < -0.3 is 15.2 Å². The van der Waals surface area contributed by atoms with Gasteiger partial charge in [0.15, 0.2) is 11.5 Å². The highest BCUT2D eigenvalue weighted by molar-refractivity contribution is 5.45. The lowest BCUT2D eigenvalue weighted by Crippen LogP contribution is -2.38. The lowest BCUT2D eigenvalue weighted by atomic mass is 9.77. The molecule has 0 aromatic heterocycles. The first-order valence-electron chi connectivity index (χ1n) is 7.81. The zero-order chi connectivity index (χ0) is 14.0. The molecule has 1 aromatic carbocycles. The third kappa shape index (κ3) is 2.93. The molecule has 3 rings (SSSR count). The molecule has 0 bridgehead atoms. The van der Waals surface area contributed by atoms with Crippen molar-refractivity contribution >= 4 is 0 Å².